The van der Waals surface area contributed by atoms with Crippen LogP contribution in [-0.4, -0.2) is 5.97 Å². The number of benzene rings is 2. The Labute approximate surface area is 136 Å². The van der Waals surface area contributed by atoms with Crippen molar-refractivity contribution in [3.63, 3.8) is 0 Å². The zero-order chi connectivity index (χ0) is 14.0. The van der Waals surface area contributed by atoms with E-state index in [4.69, 9.17) is 27.9 Å². The van der Waals surface area contributed by atoms with Crippen molar-refractivity contribution in [1.29, 1.82) is 0 Å². The third-order valence-electron chi connectivity index (χ3n) is 2.25. The first-order valence-corrected chi connectivity index (χ1v) is 7.44. The average molecular weight is 425 g/mol. The van der Waals surface area contributed by atoms with E-state index >= 15 is 0 Å². The quantitative estimate of drug-likeness (QED) is 0.454. The molecule has 0 saturated heterocycles. The van der Waals surface area contributed by atoms with Gasteiger partial charge in [-0.3, -0.25) is 0 Å². The van der Waals surface area contributed by atoms with Gasteiger partial charge in [-0.05, 0) is 52.3 Å². The molecule has 0 atom stereocenters. The van der Waals surface area contributed by atoms with Crippen LogP contribution in [0.5, 0.6) is 5.75 Å². The summed E-state index contributed by atoms with van der Waals surface area (Å²) in [5, 5.41) is 0.720. The Morgan fingerprint density at radius 2 is 1.79 bits per heavy atom. The summed E-state index contributed by atoms with van der Waals surface area (Å²) in [5.74, 6) is -0.121. The molecule has 0 aliphatic heterocycles. The molecule has 0 heterocycles. The predicted molar refractivity (Wildman–Crippen MR) is 83.3 cm³/mol. The van der Waals surface area contributed by atoms with Gasteiger partial charge < -0.3 is 4.74 Å². The van der Waals surface area contributed by atoms with Crippen molar-refractivity contribution in [3.8, 4) is 5.75 Å². The van der Waals surface area contributed by atoms with Gasteiger partial charge in [0.2, 0.25) is 0 Å². The fraction of sp³-hybridized carbons (Fsp3) is 0. The molecule has 0 aliphatic carbocycles. The van der Waals surface area contributed by atoms with Gasteiger partial charge in [-0.25, -0.2) is 4.79 Å². The monoisotopic (exact) mass is 422 g/mol. The van der Waals surface area contributed by atoms with Crippen molar-refractivity contribution in [2.45, 2.75) is 0 Å². The number of ether oxygens (including phenoxy) is 1. The zero-order valence-electron chi connectivity index (χ0n) is 9.29. The summed E-state index contributed by atoms with van der Waals surface area (Å²) in [6.07, 6.45) is 0. The minimum Gasteiger partial charge on any atom is -0.422 e. The first kappa shape index (κ1) is 14.9. The van der Waals surface area contributed by atoms with Crippen LogP contribution in [0, 0.1) is 0 Å². The lowest BCUT2D eigenvalue weighted by atomic mass is 10.2. The van der Waals surface area contributed by atoms with Crippen LogP contribution < -0.4 is 4.74 Å². The van der Waals surface area contributed by atoms with Gasteiger partial charge in [-0.1, -0.05) is 39.1 Å². The van der Waals surface area contributed by atoms with Crippen LogP contribution in [0.2, 0.25) is 10.0 Å². The second kappa shape index (κ2) is 6.27. The molecule has 0 aromatic heterocycles. The van der Waals surface area contributed by atoms with E-state index in [1.165, 1.54) is 12.1 Å². The number of esters is 1. The molecule has 0 bridgehead atoms. The lowest BCUT2D eigenvalue weighted by molar-refractivity contribution is 0.0734. The second-order valence-electron chi connectivity index (χ2n) is 3.59. The van der Waals surface area contributed by atoms with Gasteiger partial charge in [-0.15, -0.1) is 0 Å². The minimum absolute atomic E-state index is 0.255. The molecule has 2 aromatic carbocycles. The summed E-state index contributed by atoms with van der Waals surface area (Å²) < 4.78 is 6.82. The van der Waals surface area contributed by atoms with Gasteiger partial charge in [0, 0.05) is 9.50 Å². The van der Waals surface area contributed by atoms with E-state index in [9.17, 15) is 4.79 Å². The molecule has 2 nitrogen and oxygen atoms in total. The summed E-state index contributed by atoms with van der Waals surface area (Å²) >= 11 is 18.4. The molecule has 19 heavy (non-hydrogen) atoms. The van der Waals surface area contributed by atoms with Gasteiger partial charge in [-0.2, -0.15) is 0 Å². The topological polar surface area (TPSA) is 26.3 Å². The highest BCUT2D eigenvalue weighted by atomic mass is 79.9. The van der Waals surface area contributed by atoms with Crippen LogP contribution in [0.3, 0.4) is 0 Å². The fourth-order valence-corrected chi connectivity index (χ4v) is 2.98. The fourth-order valence-electron chi connectivity index (χ4n) is 1.37. The molecule has 0 spiro atoms. The van der Waals surface area contributed by atoms with E-state index < -0.39 is 5.97 Å². The van der Waals surface area contributed by atoms with E-state index in [0.717, 1.165) is 4.47 Å². The Kier molecular flexibility index (Phi) is 4.90. The van der Waals surface area contributed by atoms with Crippen molar-refractivity contribution in [3.05, 3.63) is 61.0 Å². The maximum atomic E-state index is 12.0. The molecule has 0 aliphatic rings. The summed E-state index contributed by atoms with van der Waals surface area (Å²) in [6, 6.07) is 9.84. The number of hydrogen-bond donors (Lipinski definition) is 0. The summed E-state index contributed by atoms with van der Waals surface area (Å²) in [5.41, 5.74) is 0.265. The van der Waals surface area contributed by atoms with Crippen molar-refractivity contribution in [2.75, 3.05) is 0 Å². The number of halogens is 4. The Bertz CT molecular complexity index is 645. The molecule has 0 fully saturated rings. The third-order valence-corrected chi connectivity index (χ3v) is 3.91. The van der Waals surface area contributed by atoms with Crippen molar-refractivity contribution in [1.82, 2.24) is 0 Å². The van der Waals surface area contributed by atoms with Gasteiger partial charge in [0.05, 0.1) is 15.1 Å². The van der Waals surface area contributed by atoms with Crippen LogP contribution in [-0.2, 0) is 0 Å². The van der Waals surface area contributed by atoms with Crippen LogP contribution in [0.25, 0.3) is 0 Å². The molecule has 0 N–H and O–H groups in total. The minimum atomic E-state index is -0.537. The maximum absolute atomic E-state index is 12.0. The third kappa shape index (κ3) is 3.72. The summed E-state index contributed by atoms with van der Waals surface area (Å²) in [6.45, 7) is 0. The van der Waals surface area contributed by atoms with Crippen LogP contribution >= 0.6 is 55.1 Å². The average Bonchev–Trinajstić information content (AvgIpc) is 2.32. The number of rotatable bonds is 2. The van der Waals surface area contributed by atoms with Crippen LogP contribution in [0.4, 0.5) is 0 Å². The molecular formula is C13H6Br2Cl2O2. The largest absolute Gasteiger partial charge is 0.422 e. The van der Waals surface area contributed by atoms with Gasteiger partial charge in [0.25, 0.3) is 0 Å². The van der Waals surface area contributed by atoms with E-state index in [2.05, 4.69) is 31.9 Å². The van der Waals surface area contributed by atoms with Gasteiger partial charge >= 0.3 is 5.97 Å². The summed E-state index contributed by atoms with van der Waals surface area (Å²) in [7, 11) is 0. The summed E-state index contributed by atoms with van der Waals surface area (Å²) in [4.78, 5) is 12.0. The first-order chi connectivity index (χ1) is 8.97. The standard InChI is InChI=1S/C13H6Br2Cl2O2/c14-7-1-4-12(10(15)5-7)19-13(18)9-3-2-8(16)6-11(9)17/h1-6H. The Balaban J connectivity index is 2.25. The van der Waals surface area contributed by atoms with Crippen molar-refractivity contribution >= 4 is 61.0 Å². The van der Waals surface area contributed by atoms with E-state index in [0.29, 0.717) is 15.2 Å². The SMILES string of the molecule is O=C(Oc1ccc(Br)cc1Br)c1ccc(Cl)cc1Cl. The van der Waals surface area contributed by atoms with Crippen molar-refractivity contribution < 1.29 is 9.53 Å². The molecule has 2 rings (SSSR count). The van der Waals surface area contributed by atoms with E-state index in [-0.39, 0.29) is 10.6 Å². The van der Waals surface area contributed by atoms with Crippen LogP contribution in [0.15, 0.2) is 45.3 Å². The number of carbonyl (C=O) groups excluding carboxylic acids is 1. The highest BCUT2D eigenvalue weighted by molar-refractivity contribution is 9.11. The highest BCUT2D eigenvalue weighted by Crippen LogP contribution is 2.30. The molecular weight excluding hydrogens is 419 g/mol. The second-order valence-corrected chi connectivity index (χ2v) is 6.20. The Morgan fingerprint density at radius 1 is 1.05 bits per heavy atom. The van der Waals surface area contributed by atoms with Crippen molar-refractivity contribution in [2.24, 2.45) is 0 Å². The molecule has 98 valence electrons. The normalized spacial score (nSPS) is 10.3. The molecule has 6 heteroatoms. The Hall–Kier alpha value is -0.550. The van der Waals surface area contributed by atoms with Gasteiger partial charge in [0.1, 0.15) is 5.75 Å². The predicted octanol–water partition coefficient (Wildman–Crippen LogP) is 5.74. The molecule has 2 aromatic rings. The van der Waals surface area contributed by atoms with Crippen LogP contribution in [0.1, 0.15) is 10.4 Å². The number of carbonyl (C=O) groups is 1. The molecule has 0 amide bonds. The molecule has 0 saturated carbocycles. The van der Waals surface area contributed by atoms with E-state index in [1.807, 2.05) is 0 Å². The number of hydrogen-bond acceptors (Lipinski definition) is 2. The van der Waals surface area contributed by atoms with Gasteiger partial charge in [0.15, 0.2) is 0 Å². The Morgan fingerprint density at radius 3 is 2.42 bits per heavy atom. The first-order valence-electron chi connectivity index (χ1n) is 5.09. The van der Waals surface area contributed by atoms with E-state index in [1.54, 1.807) is 24.3 Å². The highest BCUT2D eigenvalue weighted by Gasteiger charge is 2.14. The zero-order valence-corrected chi connectivity index (χ0v) is 14.0. The molecule has 0 unspecified atom stereocenters. The molecule has 0 radical (unpaired) electrons. The lowest BCUT2D eigenvalue weighted by Crippen LogP contribution is -2.09. The smallest absolute Gasteiger partial charge is 0.345 e. The lowest BCUT2D eigenvalue weighted by Gasteiger charge is -2.08. The maximum Gasteiger partial charge on any atom is 0.345 e.